The maximum Gasteiger partial charge on any atom is 0.0688 e. The van der Waals surface area contributed by atoms with Crippen LogP contribution in [0.15, 0.2) is 54.7 Å². The molecule has 0 aliphatic heterocycles. The molecule has 2 aromatic rings. The quantitative estimate of drug-likeness (QED) is 0.788. The van der Waals surface area contributed by atoms with Gasteiger partial charge in [0, 0.05) is 12.5 Å². The number of benzene rings is 1. The van der Waals surface area contributed by atoms with E-state index >= 15 is 0 Å². The first-order valence-corrected chi connectivity index (χ1v) is 6.38. The van der Waals surface area contributed by atoms with Crippen LogP contribution in [0.5, 0.6) is 0 Å². The molecule has 15 heavy (non-hydrogen) atoms. The molecule has 3 heteroatoms. The van der Waals surface area contributed by atoms with Crippen LogP contribution in [0.25, 0.3) is 0 Å². The Morgan fingerprint density at radius 3 is 2.33 bits per heavy atom. The van der Waals surface area contributed by atoms with Gasteiger partial charge in [0.15, 0.2) is 0 Å². The maximum absolute atomic E-state index is 5.83. The van der Waals surface area contributed by atoms with Crippen molar-refractivity contribution in [2.45, 2.75) is 0 Å². The minimum absolute atomic E-state index is 0.482. The number of nitrogens with two attached hydrogens (primary N) is 1. The normalized spacial score (nSPS) is 12.3. The second-order valence-electron chi connectivity index (χ2n) is 3.13. The highest BCUT2D eigenvalue weighted by Crippen LogP contribution is 2.29. The molecular formula is C12H13N2P. The minimum Gasteiger partial charge on any atom is -0.326 e. The zero-order chi connectivity index (χ0) is 10.5. The SMILES string of the molecule is NCP(c1ccccc1)c1ccccn1. The summed E-state index contributed by atoms with van der Waals surface area (Å²) >= 11 is 0. The van der Waals surface area contributed by atoms with Gasteiger partial charge in [-0.25, -0.2) is 0 Å². The molecule has 0 saturated carbocycles. The Hall–Kier alpha value is -1.24. The molecule has 1 atom stereocenters. The van der Waals surface area contributed by atoms with Crippen LogP contribution in [0, 0.1) is 0 Å². The van der Waals surface area contributed by atoms with Crippen LogP contribution in [0.2, 0.25) is 0 Å². The average molecular weight is 216 g/mol. The number of hydrogen-bond acceptors (Lipinski definition) is 2. The molecule has 0 aliphatic rings. The Balaban J connectivity index is 2.34. The molecule has 0 radical (unpaired) electrons. The monoisotopic (exact) mass is 216 g/mol. The van der Waals surface area contributed by atoms with Gasteiger partial charge in [-0.3, -0.25) is 4.98 Å². The Kier molecular flexibility index (Phi) is 3.44. The predicted molar refractivity (Wildman–Crippen MR) is 65.9 cm³/mol. The van der Waals surface area contributed by atoms with Gasteiger partial charge in [0.25, 0.3) is 0 Å². The highest BCUT2D eigenvalue weighted by Gasteiger charge is 2.11. The summed E-state index contributed by atoms with van der Waals surface area (Å²) in [5.41, 5.74) is 6.92. The smallest absolute Gasteiger partial charge is 0.0688 e. The molecule has 0 saturated heterocycles. The fourth-order valence-electron chi connectivity index (χ4n) is 1.45. The molecule has 2 N–H and O–H groups in total. The molecule has 0 amide bonds. The van der Waals surface area contributed by atoms with Crippen molar-refractivity contribution < 1.29 is 0 Å². The molecule has 2 rings (SSSR count). The topological polar surface area (TPSA) is 38.9 Å². The van der Waals surface area contributed by atoms with E-state index in [2.05, 4.69) is 17.1 Å². The Morgan fingerprint density at radius 2 is 1.73 bits per heavy atom. The maximum atomic E-state index is 5.83. The lowest BCUT2D eigenvalue weighted by atomic mass is 10.4. The van der Waals surface area contributed by atoms with Crippen molar-refractivity contribution in [1.82, 2.24) is 4.98 Å². The van der Waals surface area contributed by atoms with Crippen LogP contribution in [0.3, 0.4) is 0 Å². The molecular weight excluding hydrogens is 203 g/mol. The highest BCUT2D eigenvalue weighted by molar-refractivity contribution is 7.72. The summed E-state index contributed by atoms with van der Waals surface area (Å²) in [6.45, 7) is 0. The fourth-order valence-corrected chi connectivity index (χ4v) is 3.12. The van der Waals surface area contributed by atoms with Gasteiger partial charge >= 0.3 is 0 Å². The van der Waals surface area contributed by atoms with E-state index in [1.54, 1.807) is 0 Å². The van der Waals surface area contributed by atoms with Gasteiger partial charge in [-0.05, 0) is 25.4 Å². The van der Waals surface area contributed by atoms with Crippen LogP contribution in [0.4, 0.5) is 0 Å². The molecule has 1 unspecified atom stereocenters. The van der Waals surface area contributed by atoms with E-state index in [1.165, 1.54) is 5.30 Å². The van der Waals surface area contributed by atoms with Gasteiger partial charge in [0.2, 0.25) is 0 Å². The summed E-state index contributed by atoms with van der Waals surface area (Å²) < 4.78 is 0. The number of hydrogen-bond donors (Lipinski definition) is 1. The Bertz CT molecular complexity index is 363. The molecule has 1 heterocycles. The highest BCUT2D eigenvalue weighted by atomic mass is 31.1. The van der Waals surface area contributed by atoms with E-state index in [1.807, 2.05) is 42.6 Å². The third-order valence-electron chi connectivity index (χ3n) is 2.18. The van der Waals surface area contributed by atoms with Gasteiger partial charge in [0.1, 0.15) is 0 Å². The lowest BCUT2D eigenvalue weighted by Gasteiger charge is -2.14. The molecule has 1 aromatic carbocycles. The number of rotatable bonds is 3. The first kappa shape index (κ1) is 10.3. The molecule has 0 spiro atoms. The third kappa shape index (κ3) is 2.41. The van der Waals surface area contributed by atoms with Crippen LogP contribution < -0.4 is 16.5 Å². The lowest BCUT2D eigenvalue weighted by molar-refractivity contribution is 1.35. The number of pyridine rings is 1. The average Bonchev–Trinajstić information content (AvgIpc) is 2.33. The van der Waals surface area contributed by atoms with E-state index < -0.39 is 7.92 Å². The summed E-state index contributed by atoms with van der Waals surface area (Å²) in [6, 6.07) is 16.3. The van der Waals surface area contributed by atoms with Gasteiger partial charge in [-0.2, -0.15) is 0 Å². The lowest BCUT2D eigenvalue weighted by Crippen LogP contribution is -2.19. The Labute approximate surface area is 90.9 Å². The second-order valence-corrected chi connectivity index (χ2v) is 5.33. The largest absolute Gasteiger partial charge is 0.326 e. The first-order chi connectivity index (χ1) is 7.42. The number of nitrogens with zero attached hydrogens (tertiary/aromatic N) is 1. The zero-order valence-corrected chi connectivity index (χ0v) is 9.27. The summed E-state index contributed by atoms with van der Waals surface area (Å²) in [5, 5.41) is 1.29. The summed E-state index contributed by atoms with van der Waals surface area (Å²) in [7, 11) is -0.482. The van der Waals surface area contributed by atoms with Crippen molar-refractivity contribution in [3.63, 3.8) is 0 Å². The van der Waals surface area contributed by atoms with E-state index in [-0.39, 0.29) is 0 Å². The van der Waals surface area contributed by atoms with E-state index in [0.29, 0.717) is 6.29 Å². The molecule has 1 aromatic heterocycles. The van der Waals surface area contributed by atoms with Gasteiger partial charge in [0.05, 0.1) is 5.44 Å². The summed E-state index contributed by atoms with van der Waals surface area (Å²) in [5.74, 6) is 0. The van der Waals surface area contributed by atoms with Crippen molar-refractivity contribution in [3.8, 4) is 0 Å². The third-order valence-corrected chi connectivity index (χ3v) is 4.28. The summed E-state index contributed by atoms with van der Waals surface area (Å²) in [4.78, 5) is 4.38. The van der Waals surface area contributed by atoms with Crippen molar-refractivity contribution in [2.24, 2.45) is 5.73 Å². The van der Waals surface area contributed by atoms with Crippen molar-refractivity contribution in [2.75, 3.05) is 6.29 Å². The first-order valence-electron chi connectivity index (χ1n) is 4.85. The molecule has 0 aliphatic carbocycles. The van der Waals surface area contributed by atoms with Crippen molar-refractivity contribution >= 4 is 18.7 Å². The van der Waals surface area contributed by atoms with E-state index in [0.717, 1.165) is 5.44 Å². The molecule has 0 bridgehead atoms. The molecule has 76 valence electrons. The Morgan fingerprint density at radius 1 is 1.00 bits per heavy atom. The van der Waals surface area contributed by atoms with E-state index in [4.69, 9.17) is 5.73 Å². The van der Waals surface area contributed by atoms with E-state index in [9.17, 15) is 0 Å². The minimum atomic E-state index is -0.482. The van der Waals surface area contributed by atoms with Gasteiger partial charge in [-0.1, -0.05) is 36.4 Å². The predicted octanol–water partition coefficient (Wildman–Crippen LogP) is 1.43. The van der Waals surface area contributed by atoms with Crippen molar-refractivity contribution in [3.05, 3.63) is 54.7 Å². The van der Waals surface area contributed by atoms with Crippen LogP contribution in [-0.2, 0) is 0 Å². The fraction of sp³-hybridized carbons (Fsp3) is 0.0833. The van der Waals surface area contributed by atoms with Crippen LogP contribution in [-0.4, -0.2) is 11.3 Å². The van der Waals surface area contributed by atoms with Crippen LogP contribution >= 0.6 is 7.92 Å². The summed E-state index contributed by atoms with van der Waals surface area (Å²) in [6.07, 6.45) is 2.47. The molecule has 2 nitrogen and oxygen atoms in total. The second kappa shape index (κ2) is 5.01. The van der Waals surface area contributed by atoms with Crippen LogP contribution in [0.1, 0.15) is 0 Å². The van der Waals surface area contributed by atoms with Gasteiger partial charge in [-0.15, -0.1) is 0 Å². The van der Waals surface area contributed by atoms with Crippen molar-refractivity contribution in [1.29, 1.82) is 0 Å². The van der Waals surface area contributed by atoms with Gasteiger partial charge < -0.3 is 5.73 Å². The number of aromatic nitrogens is 1. The standard InChI is InChI=1S/C12H13N2P/c13-10-15(11-6-2-1-3-7-11)12-8-4-5-9-14-12/h1-9H,10,13H2. The zero-order valence-electron chi connectivity index (χ0n) is 8.38. The molecule has 0 fully saturated rings.